The summed E-state index contributed by atoms with van der Waals surface area (Å²) < 4.78 is 13.3. The van der Waals surface area contributed by atoms with E-state index in [1.54, 1.807) is 0 Å². The second kappa shape index (κ2) is 5.27. The second-order valence-corrected chi connectivity index (χ2v) is 3.88. The number of nitrogens with one attached hydrogen (secondary N) is 1. The van der Waals surface area contributed by atoms with Crippen LogP contribution in [0, 0.1) is 5.82 Å². The summed E-state index contributed by atoms with van der Waals surface area (Å²) >= 11 is 10.8. The van der Waals surface area contributed by atoms with Crippen LogP contribution in [0.5, 0.6) is 0 Å². The fraction of sp³-hybridized carbons (Fsp3) is 0.200. The molecule has 0 heterocycles. The Morgan fingerprint density at radius 2 is 2.06 bits per heavy atom. The number of carbonyl (C=O) groups is 2. The smallest absolute Gasteiger partial charge is 0.256 e. The molecule has 0 spiro atoms. The topological polar surface area (TPSA) is 46.2 Å². The zero-order chi connectivity index (χ0) is 12.3. The van der Waals surface area contributed by atoms with Crippen LogP contribution in [0.3, 0.4) is 0 Å². The normalized spacial score (nSPS) is 12.0. The summed E-state index contributed by atoms with van der Waals surface area (Å²) in [6, 6.07) is 2.97. The van der Waals surface area contributed by atoms with Crippen LogP contribution < -0.4 is 5.32 Å². The standard InChI is InChI=1S/C10H8Cl2FNO2/c1-5(9(12)15)14-10(16)8-6(11)3-2-4-7(8)13/h2-5H,1H3,(H,14,16). The molecule has 0 radical (unpaired) electrons. The van der Waals surface area contributed by atoms with E-state index in [0.29, 0.717) is 0 Å². The third kappa shape index (κ3) is 2.93. The van der Waals surface area contributed by atoms with Crippen molar-refractivity contribution in [2.24, 2.45) is 0 Å². The van der Waals surface area contributed by atoms with Gasteiger partial charge in [-0.15, -0.1) is 0 Å². The number of hydrogen-bond acceptors (Lipinski definition) is 2. The minimum Gasteiger partial charge on any atom is -0.341 e. The van der Waals surface area contributed by atoms with Gasteiger partial charge in [-0.1, -0.05) is 17.7 Å². The first-order valence-electron chi connectivity index (χ1n) is 4.37. The van der Waals surface area contributed by atoms with E-state index < -0.39 is 23.0 Å². The van der Waals surface area contributed by atoms with Gasteiger partial charge < -0.3 is 5.32 Å². The molecule has 0 aliphatic carbocycles. The molecule has 0 aliphatic heterocycles. The quantitative estimate of drug-likeness (QED) is 0.852. The maximum absolute atomic E-state index is 13.3. The van der Waals surface area contributed by atoms with Crippen molar-refractivity contribution in [2.75, 3.05) is 0 Å². The molecule has 1 aromatic carbocycles. The van der Waals surface area contributed by atoms with Crippen LogP contribution in [0.4, 0.5) is 4.39 Å². The van der Waals surface area contributed by atoms with Crippen LogP contribution in [0.25, 0.3) is 0 Å². The van der Waals surface area contributed by atoms with Gasteiger partial charge in [-0.3, -0.25) is 9.59 Å². The second-order valence-electron chi connectivity index (χ2n) is 3.10. The molecule has 1 atom stereocenters. The fourth-order valence-electron chi connectivity index (χ4n) is 1.04. The molecular weight excluding hydrogens is 256 g/mol. The Morgan fingerprint density at radius 1 is 1.44 bits per heavy atom. The van der Waals surface area contributed by atoms with Crippen molar-refractivity contribution in [3.05, 3.63) is 34.6 Å². The first kappa shape index (κ1) is 12.9. The number of halogens is 3. The van der Waals surface area contributed by atoms with Crippen molar-refractivity contribution in [2.45, 2.75) is 13.0 Å². The van der Waals surface area contributed by atoms with Gasteiger partial charge >= 0.3 is 0 Å². The predicted molar refractivity (Wildman–Crippen MR) is 59.2 cm³/mol. The van der Waals surface area contributed by atoms with Crippen LogP contribution >= 0.6 is 23.2 Å². The molecule has 6 heteroatoms. The van der Waals surface area contributed by atoms with Crippen LogP contribution in [0.15, 0.2) is 18.2 Å². The van der Waals surface area contributed by atoms with Gasteiger partial charge in [0.15, 0.2) is 0 Å². The maximum Gasteiger partial charge on any atom is 0.256 e. The van der Waals surface area contributed by atoms with E-state index in [9.17, 15) is 14.0 Å². The Morgan fingerprint density at radius 3 is 2.56 bits per heavy atom. The lowest BCUT2D eigenvalue weighted by atomic mass is 10.2. The van der Waals surface area contributed by atoms with Crippen molar-refractivity contribution in [3.63, 3.8) is 0 Å². The summed E-state index contributed by atoms with van der Waals surface area (Å²) in [6.07, 6.45) is 0. The zero-order valence-corrected chi connectivity index (χ0v) is 9.77. The van der Waals surface area contributed by atoms with Crippen LogP contribution in [-0.4, -0.2) is 17.2 Å². The summed E-state index contributed by atoms with van der Waals surface area (Å²) in [5.74, 6) is -1.52. The molecule has 0 aliphatic rings. The van der Waals surface area contributed by atoms with E-state index >= 15 is 0 Å². The number of rotatable bonds is 3. The lowest BCUT2D eigenvalue weighted by molar-refractivity contribution is -0.113. The highest BCUT2D eigenvalue weighted by Gasteiger charge is 2.19. The van der Waals surface area contributed by atoms with E-state index in [-0.39, 0.29) is 10.6 Å². The fourth-order valence-corrected chi connectivity index (χ4v) is 1.34. The highest BCUT2D eigenvalue weighted by Crippen LogP contribution is 2.18. The Hall–Kier alpha value is -1.13. The van der Waals surface area contributed by atoms with Crippen LogP contribution in [0.2, 0.25) is 5.02 Å². The largest absolute Gasteiger partial charge is 0.341 e. The summed E-state index contributed by atoms with van der Waals surface area (Å²) in [7, 11) is 0. The molecular formula is C10H8Cl2FNO2. The van der Waals surface area contributed by atoms with Crippen molar-refractivity contribution in [3.8, 4) is 0 Å². The Bertz CT molecular complexity index is 417. The van der Waals surface area contributed by atoms with Gasteiger partial charge in [-0.2, -0.15) is 0 Å². The molecule has 0 saturated carbocycles. The van der Waals surface area contributed by atoms with E-state index in [1.807, 2.05) is 0 Å². The molecule has 86 valence electrons. The molecule has 1 N–H and O–H groups in total. The first-order valence-corrected chi connectivity index (χ1v) is 5.13. The van der Waals surface area contributed by atoms with Gasteiger partial charge in [-0.25, -0.2) is 4.39 Å². The summed E-state index contributed by atoms with van der Waals surface area (Å²) in [4.78, 5) is 22.3. The number of hydrogen-bond donors (Lipinski definition) is 1. The van der Waals surface area contributed by atoms with E-state index in [2.05, 4.69) is 5.32 Å². The number of carbonyl (C=O) groups excluding carboxylic acids is 2. The Balaban J connectivity index is 2.93. The van der Waals surface area contributed by atoms with Crippen LogP contribution in [0.1, 0.15) is 17.3 Å². The minimum absolute atomic E-state index is 0.0216. The molecule has 1 aromatic rings. The lowest BCUT2D eigenvalue weighted by Crippen LogP contribution is -2.37. The van der Waals surface area contributed by atoms with Gasteiger partial charge in [0, 0.05) is 0 Å². The summed E-state index contributed by atoms with van der Waals surface area (Å²) in [5, 5.41) is 1.48. The Kier molecular flexibility index (Phi) is 4.26. The summed E-state index contributed by atoms with van der Waals surface area (Å²) in [6.45, 7) is 1.39. The molecule has 0 aromatic heterocycles. The van der Waals surface area contributed by atoms with Gasteiger partial charge in [-0.05, 0) is 30.7 Å². The highest BCUT2D eigenvalue weighted by molar-refractivity contribution is 6.64. The number of benzene rings is 1. The van der Waals surface area contributed by atoms with E-state index in [1.165, 1.54) is 19.1 Å². The lowest BCUT2D eigenvalue weighted by Gasteiger charge is -2.10. The van der Waals surface area contributed by atoms with Gasteiger partial charge in [0.2, 0.25) is 5.24 Å². The molecule has 16 heavy (non-hydrogen) atoms. The van der Waals surface area contributed by atoms with Gasteiger partial charge in [0.25, 0.3) is 5.91 Å². The van der Waals surface area contributed by atoms with Gasteiger partial charge in [0.05, 0.1) is 10.6 Å². The average molecular weight is 264 g/mol. The number of amides is 1. The molecule has 1 amide bonds. The predicted octanol–water partition coefficient (Wildman–Crippen LogP) is 2.36. The molecule has 0 fully saturated rings. The molecule has 1 rings (SSSR count). The molecule has 1 unspecified atom stereocenters. The van der Waals surface area contributed by atoms with Gasteiger partial charge in [0.1, 0.15) is 11.9 Å². The van der Waals surface area contributed by atoms with Crippen molar-refractivity contribution in [1.29, 1.82) is 0 Å². The van der Waals surface area contributed by atoms with Crippen LogP contribution in [-0.2, 0) is 4.79 Å². The SMILES string of the molecule is CC(NC(=O)c1c(F)cccc1Cl)C(=O)Cl. The first-order chi connectivity index (χ1) is 7.43. The molecule has 3 nitrogen and oxygen atoms in total. The monoisotopic (exact) mass is 263 g/mol. The Labute approximate surface area is 102 Å². The van der Waals surface area contributed by atoms with Crippen molar-refractivity contribution in [1.82, 2.24) is 5.32 Å². The maximum atomic E-state index is 13.3. The van der Waals surface area contributed by atoms with Crippen molar-refractivity contribution < 1.29 is 14.0 Å². The third-order valence-corrected chi connectivity index (χ3v) is 2.52. The summed E-state index contributed by atoms with van der Waals surface area (Å²) in [5.41, 5.74) is -0.297. The minimum atomic E-state index is -0.898. The van der Waals surface area contributed by atoms with E-state index in [4.69, 9.17) is 23.2 Å². The average Bonchev–Trinajstić information content (AvgIpc) is 2.16. The van der Waals surface area contributed by atoms with E-state index in [0.717, 1.165) is 6.07 Å². The molecule has 0 bridgehead atoms. The third-order valence-electron chi connectivity index (χ3n) is 1.88. The van der Waals surface area contributed by atoms with Crippen molar-refractivity contribution >= 4 is 34.4 Å². The molecule has 0 saturated heterocycles. The highest BCUT2D eigenvalue weighted by atomic mass is 35.5. The zero-order valence-electron chi connectivity index (χ0n) is 8.26.